The molecular weight excluding hydrogens is 262 g/mol. The molecule has 3 N–H and O–H groups in total. The maximum absolute atomic E-state index is 11.8. The number of benzene rings is 1. The van der Waals surface area contributed by atoms with Crippen molar-refractivity contribution >= 4 is 28.1 Å². The minimum atomic E-state index is -0.779. The largest absolute Gasteiger partial charge is 0.397 e. The van der Waals surface area contributed by atoms with E-state index in [1.54, 1.807) is 38.6 Å². The molecule has 0 aliphatic rings. The second-order valence-corrected chi connectivity index (χ2v) is 6.11. The van der Waals surface area contributed by atoms with E-state index in [1.807, 2.05) is 0 Å². The molecule has 0 saturated heterocycles. The lowest BCUT2D eigenvalue weighted by Crippen LogP contribution is -2.21. The summed E-state index contributed by atoms with van der Waals surface area (Å²) < 4.78 is 10.9. The molecule has 0 saturated carbocycles. The van der Waals surface area contributed by atoms with Crippen molar-refractivity contribution in [3.8, 4) is 0 Å². The predicted octanol–water partition coefficient (Wildman–Crippen LogP) is 1.15. The van der Waals surface area contributed by atoms with E-state index in [1.165, 1.54) is 4.90 Å². The van der Waals surface area contributed by atoms with Gasteiger partial charge in [-0.15, -0.1) is 0 Å². The maximum Gasteiger partial charge on any atom is 0.253 e. The molecule has 1 rings (SSSR count). The molecule has 0 aromatic heterocycles. The van der Waals surface area contributed by atoms with E-state index >= 15 is 0 Å². The fourth-order valence-electron chi connectivity index (χ4n) is 1.60. The van der Waals surface area contributed by atoms with Crippen LogP contribution in [0.4, 0.5) is 11.4 Å². The summed E-state index contributed by atoms with van der Waals surface area (Å²) >= 11 is 0. The van der Waals surface area contributed by atoms with Gasteiger partial charge in [-0.3, -0.25) is 9.00 Å². The number of nitrogens with zero attached hydrogens (tertiary/aromatic N) is 1. The summed E-state index contributed by atoms with van der Waals surface area (Å²) in [6.07, 6.45) is 2.49. The van der Waals surface area contributed by atoms with Crippen LogP contribution in [0.5, 0.6) is 0 Å². The highest BCUT2D eigenvalue weighted by molar-refractivity contribution is 7.84. The third-order valence-electron chi connectivity index (χ3n) is 2.63. The summed E-state index contributed by atoms with van der Waals surface area (Å²) in [5.41, 5.74) is 7.81. The predicted molar refractivity (Wildman–Crippen MR) is 80.9 cm³/mol. The van der Waals surface area contributed by atoms with Crippen LogP contribution in [0.1, 0.15) is 16.8 Å². The highest BCUT2D eigenvalue weighted by atomic mass is 32.2. The Morgan fingerprint density at radius 2 is 2.11 bits per heavy atom. The third kappa shape index (κ3) is 4.90. The zero-order chi connectivity index (χ0) is 14.4. The Morgan fingerprint density at radius 3 is 2.68 bits per heavy atom. The van der Waals surface area contributed by atoms with Crippen molar-refractivity contribution in [2.45, 2.75) is 6.42 Å². The smallest absolute Gasteiger partial charge is 0.253 e. The van der Waals surface area contributed by atoms with Crippen LogP contribution in [-0.4, -0.2) is 47.7 Å². The average molecular weight is 283 g/mol. The Morgan fingerprint density at radius 1 is 1.42 bits per heavy atom. The van der Waals surface area contributed by atoms with Crippen molar-refractivity contribution in [2.24, 2.45) is 0 Å². The summed E-state index contributed by atoms with van der Waals surface area (Å²) in [4.78, 5) is 13.4. The molecule has 0 spiro atoms. The number of nitrogens with two attached hydrogens (primary N) is 1. The van der Waals surface area contributed by atoms with Crippen LogP contribution in [-0.2, 0) is 10.8 Å². The van der Waals surface area contributed by atoms with Crippen molar-refractivity contribution in [3.63, 3.8) is 0 Å². The van der Waals surface area contributed by atoms with Crippen molar-refractivity contribution in [2.75, 3.05) is 43.7 Å². The van der Waals surface area contributed by atoms with E-state index in [0.29, 0.717) is 23.5 Å². The van der Waals surface area contributed by atoms with Crippen LogP contribution in [0, 0.1) is 0 Å². The second-order valence-electron chi connectivity index (χ2n) is 4.56. The number of rotatable bonds is 6. The molecule has 0 radical (unpaired) electrons. The summed E-state index contributed by atoms with van der Waals surface area (Å²) in [5, 5.41) is 3.17. The Bertz CT molecular complexity index is 475. The van der Waals surface area contributed by atoms with E-state index in [-0.39, 0.29) is 5.91 Å². The molecule has 0 fully saturated rings. The van der Waals surface area contributed by atoms with Crippen molar-refractivity contribution in [3.05, 3.63) is 23.8 Å². The number of nitrogen functional groups attached to an aromatic ring is 1. The monoisotopic (exact) mass is 283 g/mol. The molecule has 1 aromatic carbocycles. The summed E-state index contributed by atoms with van der Waals surface area (Å²) in [6, 6.07) is 5.18. The third-order valence-corrected chi connectivity index (χ3v) is 3.49. The molecule has 0 aliphatic heterocycles. The molecule has 19 heavy (non-hydrogen) atoms. The zero-order valence-electron chi connectivity index (χ0n) is 11.6. The quantitative estimate of drug-likeness (QED) is 0.606. The lowest BCUT2D eigenvalue weighted by atomic mass is 10.1. The van der Waals surface area contributed by atoms with Gasteiger partial charge in [0.15, 0.2) is 0 Å². The Hall–Kier alpha value is -1.56. The van der Waals surface area contributed by atoms with Crippen molar-refractivity contribution in [1.82, 2.24) is 4.90 Å². The maximum atomic E-state index is 11.8. The van der Waals surface area contributed by atoms with Crippen LogP contribution in [0.25, 0.3) is 0 Å². The SMILES string of the molecule is CN(C)C(=O)c1ccc(N)c(NCCCS(C)=O)c1. The molecule has 0 heterocycles. The number of nitrogens with one attached hydrogen (secondary N) is 1. The molecule has 0 aliphatic carbocycles. The van der Waals surface area contributed by atoms with Gasteiger partial charge in [0.2, 0.25) is 0 Å². The van der Waals surface area contributed by atoms with Gasteiger partial charge in [0.05, 0.1) is 11.4 Å². The lowest BCUT2D eigenvalue weighted by molar-refractivity contribution is 0.0827. The highest BCUT2D eigenvalue weighted by Crippen LogP contribution is 2.20. The van der Waals surface area contributed by atoms with E-state index in [4.69, 9.17) is 5.73 Å². The average Bonchev–Trinajstić information content (AvgIpc) is 2.35. The molecule has 1 atom stereocenters. The molecule has 1 unspecified atom stereocenters. The molecule has 106 valence electrons. The fraction of sp³-hybridized carbons (Fsp3) is 0.462. The molecule has 5 nitrogen and oxygen atoms in total. The molecule has 6 heteroatoms. The molecular formula is C13H21N3O2S. The van der Waals surface area contributed by atoms with Gasteiger partial charge < -0.3 is 16.0 Å². The summed E-state index contributed by atoms with van der Waals surface area (Å²) in [5.74, 6) is 0.598. The number of carbonyl (C=O) groups excluding carboxylic acids is 1. The highest BCUT2D eigenvalue weighted by Gasteiger charge is 2.09. The molecule has 1 aromatic rings. The van der Waals surface area contributed by atoms with Crippen LogP contribution in [0.15, 0.2) is 18.2 Å². The van der Waals surface area contributed by atoms with Crippen molar-refractivity contribution < 1.29 is 9.00 Å². The van der Waals surface area contributed by atoms with Gasteiger partial charge in [-0.2, -0.15) is 0 Å². The first-order valence-corrected chi connectivity index (χ1v) is 7.79. The van der Waals surface area contributed by atoms with Gasteiger partial charge in [-0.05, 0) is 24.6 Å². The number of anilines is 2. The number of hydrogen-bond donors (Lipinski definition) is 2. The topological polar surface area (TPSA) is 75.4 Å². The van der Waals surface area contributed by atoms with Crippen molar-refractivity contribution in [1.29, 1.82) is 0 Å². The van der Waals surface area contributed by atoms with Gasteiger partial charge in [0.25, 0.3) is 5.91 Å². The van der Waals surface area contributed by atoms with Crippen LogP contribution in [0.2, 0.25) is 0 Å². The fourth-order valence-corrected chi connectivity index (χ4v) is 2.15. The number of amides is 1. The lowest BCUT2D eigenvalue weighted by Gasteiger charge is -2.13. The number of carbonyl (C=O) groups is 1. The normalized spacial score (nSPS) is 11.9. The van der Waals surface area contributed by atoms with Gasteiger partial charge in [-0.25, -0.2) is 0 Å². The molecule has 1 amide bonds. The van der Waals surface area contributed by atoms with Gasteiger partial charge in [0, 0.05) is 49.0 Å². The molecule has 0 bridgehead atoms. The van der Waals surface area contributed by atoms with Crippen LogP contribution < -0.4 is 11.1 Å². The Balaban J connectivity index is 2.69. The van der Waals surface area contributed by atoms with E-state index in [2.05, 4.69) is 5.32 Å². The van der Waals surface area contributed by atoms with E-state index < -0.39 is 10.8 Å². The number of hydrogen-bond acceptors (Lipinski definition) is 4. The van der Waals surface area contributed by atoms with E-state index in [9.17, 15) is 9.00 Å². The standard InChI is InChI=1S/C13H21N3O2S/c1-16(2)13(17)10-5-6-11(14)12(9-10)15-7-4-8-19(3)18/h5-6,9,15H,4,7-8,14H2,1-3H3. The first-order chi connectivity index (χ1) is 8.91. The Labute approximate surface area is 116 Å². The Kier molecular flexibility index (Phi) is 5.82. The van der Waals surface area contributed by atoms with Gasteiger partial charge >= 0.3 is 0 Å². The van der Waals surface area contributed by atoms with E-state index in [0.717, 1.165) is 12.1 Å². The summed E-state index contributed by atoms with van der Waals surface area (Å²) in [7, 11) is 2.64. The first kappa shape index (κ1) is 15.5. The van der Waals surface area contributed by atoms with Crippen LogP contribution >= 0.6 is 0 Å². The zero-order valence-corrected chi connectivity index (χ0v) is 12.4. The summed E-state index contributed by atoms with van der Waals surface area (Å²) in [6.45, 7) is 0.684. The van der Waals surface area contributed by atoms with Crippen LogP contribution in [0.3, 0.4) is 0 Å². The van der Waals surface area contributed by atoms with Gasteiger partial charge in [0.1, 0.15) is 0 Å². The van der Waals surface area contributed by atoms with Gasteiger partial charge in [-0.1, -0.05) is 0 Å². The second kappa shape index (κ2) is 7.13. The first-order valence-electron chi connectivity index (χ1n) is 6.07. The minimum absolute atomic E-state index is 0.0577. The minimum Gasteiger partial charge on any atom is -0.397 e.